The van der Waals surface area contributed by atoms with Crippen molar-refractivity contribution in [1.29, 1.82) is 0 Å². The fraction of sp³-hybridized carbons (Fsp3) is 0.231. The predicted octanol–water partition coefficient (Wildman–Crippen LogP) is 0.489. The van der Waals surface area contributed by atoms with Gasteiger partial charge in [-0.2, -0.15) is 0 Å². The van der Waals surface area contributed by atoms with Gasteiger partial charge in [0.05, 0.1) is 19.8 Å². The van der Waals surface area contributed by atoms with Crippen molar-refractivity contribution in [2.75, 3.05) is 18.5 Å². The largest absolute Gasteiger partial charge is 0.395 e. The zero-order valence-corrected chi connectivity index (χ0v) is 11.2. The highest BCUT2D eigenvalue weighted by Crippen LogP contribution is 2.24. The van der Waals surface area contributed by atoms with Crippen LogP contribution >= 0.6 is 11.6 Å². The fourth-order valence-electron chi connectivity index (χ4n) is 1.87. The molecule has 0 atom stereocenters. The lowest BCUT2D eigenvalue weighted by molar-refractivity contribution is -0.137. The lowest BCUT2D eigenvalue weighted by Gasteiger charge is -2.14. The number of nitrogens with one attached hydrogen (secondary N) is 1. The number of β-amino-alcohol motifs (C(OH)–C–C–N with tert-alkyl or cyclic N) is 1. The molecule has 6 nitrogen and oxygen atoms in total. The molecule has 1 heterocycles. The molecule has 0 saturated heterocycles. The van der Waals surface area contributed by atoms with E-state index in [2.05, 4.69) is 5.32 Å². The first-order chi connectivity index (χ1) is 9.56. The summed E-state index contributed by atoms with van der Waals surface area (Å²) < 4.78 is 0. The Labute approximate surface area is 120 Å². The minimum Gasteiger partial charge on any atom is -0.395 e. The van der Waals surface area contributed by atoms with Gasteiger partial charge in [-0.1, -0.05) is 11.6 Å². The van der Waals surface area contributed by atoms with Crippen LogP contribution in [0, 0.1) is 0 Å². The van der Waals surface area contributed by atoms with Crippen molar-refractivity contribution < 1.29 is 19.8 Å². The summed E-state index contributed by atoms with van der Waals surface area (Å²) >= 11 is 5.82. The van der Waals surface area contributed by atoms with Crippen LogP contribution in [-0.4, -0.2) is 40.1 Å². The van der Waals surface area contributed by atoms with E-state index in [0.717, 1.165) is 11.0 Å². The smallest absolute Gasteiger partial charge is 0.277 e. The number of halogens is 1. The number of imide groups is 1. The number of anilines is 1. The van der Waals surface area contributed by atoms with Crippen LogP contribution in [0.4, 0.5) is 5.69 Å². The van der Waals surface area contributed by atoms with Gasteiger partial charge in [0.2, 0.25) is 0 Å². The molecule has 0 aromatic heterocycles. The Bertz CT molecular complexity index is 586. The minimum atomic E-state index is -0.511. The summed E-state index contributed by atoms with van der Waals surface area (Å²) in [5.74, 6) is -0.992. The highest BCUT2D eigenvalue weighted by molar-refractivity contribution is 6.30. The van der Waals surface area contributed by atoms with E-state index in [1.807, 2.05) is 0 Å². The number of carbonyl (C=O) groups is 2. The molecular weight excluding hydrogens is 284 g/mol. The summed E-state index contributed by atoms with van der Waals surface area (Å²) in [6, 6.07) is 4.79. The molecule has 0 bridgehead atoms. The van der Waals surface area contributed by atoms with Gasteiger partial charge in [-0.15, -0.1) is 0 Å². The van der Waals surface area contributed by atoms with E-state index in [9.17, 15) is 14.7 Å². The molecule has 2 rings (SSSR count). The highest BCUT2D eigenvalue weighted by Gasteiger charge is 2.30. The van der Waals surface area contributed by atoms with E-state index < -0.39 is 11.8 Å². The maximum Gasteiger partial charge on any atom is 0.277 e. The molecule has 20 heavy (non-hydrogen) atoms. The van der Waals surface area contributed by atoms with E-state index in [1.165, 1.54) is 0 Å². The number of aliphatic hydroxyl groups excluding tert-OH is 2. The van der Waals surface area contributed by atoms with Crippen LogP contribution in [0.5, 0.6) is 0 Å². The fourth-order valence-corrected chi connectivity index (χ4v) is 2.06. The Balaban J connectivity index is 2.21. The third kappa shape index (κ3) is 2.82. The summed E-state index contributed by atoms with van der Waals surface area (Å²) in [6.45, 7) is -0.590. The van der Waals surface area contributed by atoms with Crippen molar-refractivity contribution in [2.45, 2.75) is 6.61 Å². The Hall–Kier alpha value is -1.89. The first kappa shape index (κ1) is 14.5. The average molecular weight is 297 g/mol. The number of hydrogen-bond acceptors (Lipinski definition) is 5. The first-order valence-electron chi connectivity index (χ1n) is 5.91. The average Bonchev–Trinajstić information content (AvgIpc) is 2.69. The van der Waals surface area contributed by atoms with Gasteiger partial charge in [-0.3, -0.25) is 14.5 Å². The van der Waals surface area contributed by atoms with Crippen molar-refractivity contribution in [2.24, 2.45) is 0 Å². The van der Waals surface area contributed by atoms with Gasteiger partial charge in [-0.25, -0.2) is 0 Å². The number of rotatable bonds is 5. The predicted molar refractivity (Wildman–Crippen MR) is 72.9 cm³/mol. The Morgan fingerprint density at radius 1 is 1.25 bits per heavy atom. The van der Waals surface area contributed by atoms with E-state index in [-0.39, 0.29) is 25.5 Å². The molecule has 3 N–H and O–H groups in total. The third-order valence-corrected chi connectivity index (χ3v) is 3.08. The second-order valence-corrected chi connectivity index (χ2v) is 4.60. The number of carbonyl (C=O) groups excluding carboxylic acids is 2. The van der Waals surface area contributed by atoms with Gasteiger partial charge in [0.15, 0.2) is 0 Å². The molecular formula is C13H13ClN2O4. The van der Waals surface area contributed by atoms with Gasteiger partial charge in [0.25, 0.3) is 11.8 Å². The molecule has 0 radical (unpaired) electrons. The van der Waals surface area contributed by atoms with Crippen LogP contribution in [0.3, 0.4) is 0 Å². The van der Waals surface area contributed by atoms with Gasteiger partial charge >= 0.3 is 0 Å². The van der Waals surface area contributed by atoms with Crippen molar-refractivity contribution >= 4 is 29.1 Å². The molecule has 7 heteroatoms. The monoisotopic (exact) mass is 296 g/mol. The van der Waals surface area contributed by atoms with Crippen LogP contribution in [0.25, 0.3) is 0 Å². The molecule has 1 aliphatic rings. The summed E-state index contributed by atoms with van der Waals surface area (Å²) in [5.41, 5.74) is 1.11. The van der Waals surface area contributed by atoms with Crippen molar-refractivity contribution in [3.05, 3.63) is 40.6 Å². The second kappa shape index (κ2) is 6.04. The van der Waals surface area contributed by atoms with Crippen molar-refractivity contribution in [3.63, 3.8) is 0 Å². The molecule has 0 unspecified atom stereocenters. The Kier molecular flexibility index (Phi) is 4.39. The lowest BCUT2D eigenvalue weighted by atomic mass is 10.2. The second-order valence-electron chi connectivity index (χ2n) is 4.16. The SMILES string of the molecule is O=C1C=C(Nc2ccc(Cl)cc2CO)C(=O)N1CCO. The zero-order valence-electron chi connectivity index (χ0n) is 10.5. The van der Waals surface area contributed by atoms with E-state index in [1.54, 1.807) is 18.2 Å². The molecule has 0 aliphatic carbocycles. The van der Waals surface area contributed by atoms with Crippen LogP contribution in [0.15, 0.2) is 30.0 Å². The minimum absolute atomic E-state index is 0.0488. The van der Waals surface area contributed by atoms with E-state index in [4.69, 9.17) is 16.7 Å². The number of aliphatic hydroxyl groups is 2. The summed E-state index contributed by atoms with van der Waals surface area (Å²) in [7, 11) is 0. The standard InChI is InChI=1S/C13H13ClN2O4/c14-9-1-2-10(8(5-9)7-18)15-11-6-12(19)16(3-4-17)13(11)20/h1-2,5-6,15,17-18H,3-4,7H2. The maximum atomic E-state index is 12.0. The molecule has 0 saturated carbocycles. The van der Waals surface area contributed by atoms with Gasteiger partial charge in [0.1, 0.15) is 5.70 Å². The third-order valence-electron chi connectivity index (χ3n) is 2.84. The Morgan fingerprint density at radius 3 is 2.65 bits per heavy atom. The molecule has 2 amide bonds. The first-order valence-corrected chi connectivity index (χ1v) is 6.29. The lowest BCUT2D eigenvalue weighted by Crippen LogP contribution is -2.34. The molecule has 1 aromatic carbocycles. The van der Waals surface area contributed by atoms with E-state index in [0.29, 0.717) is 16.3 Å². The number of hydrogen-bond donors (Lipinski definition) is 3. The van der Waals surface area contributed by atoms with Crippen LogP contribution in [0.1, 0.15) is 5.56 Å². The van der Waals surface area contributed by atoms with Crippen LogP contribution in [0.2, 0.25) is 5.02 Å². The van der Waals surface area contributed by atoms with Gasteiger partial charge in [-0.05, 0) is 18.2 Å². The zero-order chi connectivity index (χ0) is 14.7. The van der Waals surface area contributed by atoms with E-state index >= 15 is 0 Å². The van der Waals surface area contributed by atoms with Crippen molar-refractivity contribution in [1.82, 2.24) is 4.90 Å². The number of benzene rings is 1. The normalized spacial score (nSPS) is 14.8. The Morgan fingerprint density at radius 2 is 2.00 bits per heavy atom. The molecule has 106 valence electrons. The van der Waals surface area contributed by atoms with Crippen LogP contribution < -0.4 is 5.32 Å². The topological polar surface area (TPSA) is 89.9 Å². The van der Waals surface area contributed by atoms with Gasteiger partial charge < -0.3 is 15.5 Å². The molecule has 0 spiro atoms. The van der Waals surface area contributed by atoms with Gasteiger partial charge in [0, 0.05) is 22.3 Å². The summed E-state index contributed by atoms with van der Waals surface area (Å²) in [5, 5.41) is 21.3. The summed E-state index contributed by atoms with van der Waals surface area (Å²) in [4.78, 5) is 24.5. The maximum absolute atomic E-state index is 12.0. The molecule has 1 aliphatic heterocycles. The quantitative estimate of drug-likeness (QED) is 0.688. The number of nitrogens with zero attached hydrogens (tertiary/aromatic N) is 1. The summed E-state index contributed by atoms with van der Waals surface area (Å²) in [6.07, 6.45) is 1.16. The van der Waals surface area contributed by atoms with Crippen molar-refractivity contribution in [3.8, 4) is 0 Å². The van der Waals surface area contributed by atoms with Crippen LogP contribution in [-0.2, 0) is 16.2 Å². The molecule has 1 aromatic rings. The molecule has 0 fully saturated rings. The number of amides is 2. The highest BCUT2D eigenvalue weighted by atomic mass is 35.5.